The fourth-order valence-corrected chi connectivity index (χ4v) is 0.534. The Bertz CT molecular complexity index is 110. The summed E-state index contributed by atoms with van der Waals surface area (Å²) in [7, 11) is 0. The van der Waals surface area contributed by atoms with Crippen LogP contribution in [0.5, 0.6) is 0 Å². The molecule has 0 saturated carbocycles. The molecule has 0 N–H and O–H groups in total. The van der Waals surface area contributed by atoms with Crippen LogP contribution in [-0.2, 0) is 0 Å². The minimum atomic E-state index is 0.0971. The van der Waals surface area contributed by atoms with Crippen molar-refractivity contribution in [3.63, 3.8) is 0 Å². The minimum absolute atomic E-state index is 0.0971. The lowest BCUT2D eigenvalue weighted by Gasteiger charge is -1.96. The molecule has 0 aromatic rings. The van der Waals surface area contributed by atoms with Crippen molar-refractivity contribution in [3.05, 3.63) is 24.3 Å². The van der Waals surface area contributed by atoms with Crippen LogP contribution in [0.15, 0.2) is 24.3 Å². The Kier molecular flexibility index (Phi) is 4.51. The van der Waals surface area contributed by atoms with Crippen LogP contribution < -0.4 is 0 Å². The van der Waals surface area contributed by atoms with Crippen molar-refractivity contribution in [1.82, 2.24) is 0 Å². The topological polar surface area (TPSA) is 0 Å². The Balaban J connectivity index is 3.49. The van der Waals surface area contributed by atoms with Gasteiger partial charge in [0.1, 0.15) is 0 Å². The van der Waals surface area contributed by atoms with E-state index in [2.05, 4.69) is 26.5 Å². The summed E-state index contributed by atoms with van der Waals surface area (Å²) in [6.45, 7) is 7.70. The molecule has 0 bridgehead atoms. The molecule has 0 amide bonds. The molecule has 0 spiro atoms. The van der Waals surface area contributed by atoms with E-state index < -0.39 is 0 Å². The van der Waals surface area contributed by atoms with E-state index in [9.17, 15) is 0 Å². The second-order valence-corrected chi connectivity index (χ2v) is 2.83. The van der Waals surface area contributed by atoms with Crippen molar-refractivity contribution < 1.29 is 0 Å². The Morgan fingerprint density at radius 1 is 1.67 bits per heavy atom. The van der Waals surface area contributed by atoms with Gasteiger partial charge in [-0.15, -0.1) is 18.2 Å². The molecule has 0 heterocycles. The zero-order chi connectivity index (χ0) is 7.28. The molecule has 1 atom stereocenters. The maximum atomic E-state index is 5.75. The quantitative estimate of drug-likeness (QED) is 0.422. The Hall–Kier alpha value is -0.230. The van der Waals surface area contributed by atoms with Gasteiger partial charge in [0.2, 0.25) is 0 Å². The predicted molar refractivity (Wildman–Crippen MR) is 43.9 cm³/mol. The van der Waals surface area contributed by atoms with Gasteiger partial charge in [0.25, 0.3) is 0 Å². The molecule has 0 saturated heterocycles. The lowest BCUT2D eigenvalue weighted by atomic mass is 10.2. The number of hydrogen-bond donors (Lipinski definition) is 0. The van der Waals surface area contributed by atoms with Crippen molar-refractivity contribution in [2.75, 3.05) is 0 Å². The number of allylic oxidation sites excluding steroid dienone is 3. The standard InChI is InChI=1S/C8H13Cl/c1-4-8(9)6-5-7(2)3/h4-5,8H,1,6H2,2-3H3. The van der Waals surface area contributed by atoms with Crippen molar-refractivity contribution in [2.24, 2.45) is 0 Å². The molecule has 0 nitrogen and oxygen atoms in total. The van der Waals surface area contributed by atoms with E-state index in [0.29, 0.717) is 0 Å². The van der Waals surface area contributed by atoms with E-state index in [1.165, 1.54) is 5.57 Å². The average Bonchev–Trinajstić information content (AvgIpc) is 1.83. The van der Waals surface area contributed by atoms with E-state index in [4.69, 9.17) is 11.6 Å². The van der Waals surface area contributed by atoms with Gasteiger partial charge in [-0.3, -0.25) is 0 Å². The predicted octanol–water partition coefficient (Wildman–Crippen LogP) is 3.14. The number of hydrogen-bond acceptors (Lipinski definition) is 0. The Morgan fingerprint density at radius 2 is 2.22 bits per heavy atom. The average molecular weight is 145 g/mol. The first kappa shape index (κ1) is 8.77. The third-order valence-electron chi connectivity index (χ3n) is 1.01. The molecule has 0 aromatic carbocycles. The summed E-state index contributed by atoms with van der Waals surface area (Å²) < 4.78 is 0. The second-order valence-electron chi connectivity index (χ2n) is 2.27. The molecular weight excluding hydrogens is 132 g/mol. The molecule has 0 rings (SSSR count). The molecule has 0 radical (unpaired) electrons. The largest absolute Gasteiger partial charge is 0.118 e. The molecule has 0 aliphatic carbocycles. The summed E-state index contributed by atoms with van der Waals surface area (Å²) in [5.41, 5.74) is 1.31. The monoisotopic (exact) mass is 144 g/mol. The van der Waals surface area contributed by atoms with Crippen LogP contribution >= 0.6 is 11.6 Å². The van der Waals surface area contributed by atoms with Crippen molar-refractivity contribution in [2.45, 2.75) is 25.6 Å². The third kappa shape index (κ3) is 5.64. The molecule has 0 aliphatic heterocycles. The molecule has 52 valence electrons. The van der Waals surface area contributed by atoms with Crippen LogP contribution in [0, 0.1) is 0 Å². The van der Waals surface area contributed by atoms with Gasteiger partial charge in [0.05, 0.1) is 5.38 Å². The summed E-state index contributed by atoms with van der Waals surface area (Å²) in [4.78, 5) is 0. The number of halogens is 1. The summed E-state index contributed by atoms with van der Waals surface area (Å²) in [5.74, 6) is 0. The molecular formula is C8H13Cl. The Labute approximate surface area is 62.2 Å². The minimum Gasteiger partial charge on any atom is -0.118 e. The maximum absolute atomic E-state index is 5.75. The zero-order valence-corrected chi connectivity index (χ0v) is 6.78. The lowest BCUT2D eigenvalue weighted by Crippen LogP contribution is -1.88. The zero-order valence-electron chi connectivity index (χ0n) is 6.02. The summed E-state index contributed by atoms with van der Waals surface area (Å²) in [6, 6.07) is 0. The number of rotatable bonds is 3. The van der Waals surface area contributed by atoms with Crippen LogP contribution in [0.2, 0.25) is 0 Å². The summed E-state index contributed by atoms with van der Waals surface area (Å²) >= 11 is 5.75. The van der Waals surface area contributed by atoms with Gasteiger partial charge in [-0.25, -0.2) is 0 Å². The van der Waals surface area contributed by atoms with Gasteiger partial charge in [0.15, 0.2) is 0 Å². The van der Waals surface area contributed by atoms with Crippen LogP contribution in [0.1, 0.15) is 20.3 Å². The molecule has 0 fully saturated rings. The first-order valence-corrected chi connectivity index (χ1v) is 3.50. The van der Waals surface area contributed by atoms with Gasteiger partial charge in [-0.05, 0) is 20.3 Å². The highest BCUT2D eigenvalue weighted by atomic mass is 35.5. The van der Waals surface area contributed by atoms with Gasteiger partial charge in [-0.1, -0.05) is 17.7 Å². The van der Waals surface area contributed by atoms with Crippen LogP contribution in [0.4, 0.5) is 0 Å². The van der Waals surface area contributed by atoms with Gasteiger partial charge in [0, 0.05) is 0 Å². The highest BCUT2D eigenvalue weighted by Gasteiger charge is 1.92. The third-order valence-corrected chi connectivity index (χ3v) is 1.36. The van der Waals surface area contributed by atoms with E-state index >= 15 is 0 Å². The van der Waals surface area contributed by atoms with E-state index in [1.807, 2.05) is 0 Å². The van der Waals surface area contributed by atoms with E-state index in [1.54, 1.807) is 6.08 Å². The first-order chi connectivity index (χ1) is 4.16. The molecule has 1 unspecified atom stereocenters. The SMILES string of the molecule is C=CC(Cl)CC=C(C)C. The van der Waals surface area contributed by atoms with Crippen molar-refractivity contribution in [1.29, 1.82) is 0 Å². The second kappa shape index (κ2) is 4.63. The van der Waals surface area contributed by atoms with Crippen LogP contribution in [0.25, 0.3) is 0 Å². The Morgan fingerprint density at radius 3 is 2.56 bits per heavy atom. The van der Waals surface area contributed by atoms with Crippen LogP contribution in [-0.4, -0.2) is 5.38 Å². The fraction of sp³-hybridized carbons (Fsp3) is 0.500. The highest BCUT2D eigenvalue weighted by Crippen LogP contribution is 2.05. The molecule has 9 heavy (non-hydrogen) atoms. The van der Waals surface area contributed by atoms with Crippen molar-refractivity contribution >= 4 is 11.6 Å². The van der Waals surface area contributed by atoms with E-state index in [0.717, 1.165) is 6.42 Å². The maximum Gasteiger partial charge on any atom is 0.0547 e. The molecule has 0 aromatic heterocycles. The summed E-state index contributed by atoms with van der Waals surface area (Å²) in [6.07, 6.45) is 4.76. The lowest BCUT2D eigenvalue weighted by molar-refractivity contribution is 1.04. The molecule has 0 aliphatic rings. The first-order valence-electron chi connectivity index (χ1n) is 3.06. The van der Waals surface area contributed by atoms with Crippen LogP contribution in [0.3, 0.4) is 0 Å². The smallest absolute Gasteiger partial charge is 0.0547 e. The van der Waals surface area contributed by atoms with Gasteiger partial charge in [-0.2, -0.15) is 0 Å². The normalized spacial score (nSPS) is 12.3. The summed E-state index contributed by atoms with van der Waals surface area (Å²) in [5, 5.41) is 0.0971. The van der Waals surface area contributed by atoms with Crippen molar-refractivity contribution in [3.8, 4) is 0 Å². The van der Waals surface area contributed by atoms with E-state index in [-0.39, 0.29) is 5.38 Å². The van der Waals surface area contributed by atoms with Gasteiger partial charge < -0.3 is 0 Å². The fourth-order valence-electron chi connectivity index (χ4n) is 0.445. The number of alkyl halides is 1. The highest BCUT2D eigenvalue weighted by molar-refractivity contribution is 6.21. The van der Waals surface area contributed by atoms with Gasteiger partial charge >= 0.3 is 0 Å². The molecule has 1 heteroatoms.